The number of rotatable bonds is 7. The molecular formula is C13H24N2O3. The third-order valence-electron chi connectivity index (χ3n) is 3.69. The van der Waals surface area contributed by atoms with E-state index >= 15 is 0 Å². The molecule has 1 aliphatic carbocycles. The highest BCUT2D eigenvalue weighted by molar-refractivity contribution is 5.84. The van der Waals surface area contributed by atoms with Gasteiger partial charge in [0.2, 0.25) is 5.91 Å². The van der Waals surface area contributed by atoms with Crippen molar-refractivity contribution in [3.8, 4) is 0 Å². The van der Waals surface area contributed by atoms with Gasteiger partial charge in [-0.25, -0.2) is 0 Å². The van der Waals surface area contributed by atoms with E-state index < -0.39 is 5.60 Å². The van der Waals surface area contributed by atoms with Crippen molar-refractivity contribution < 1.29 is 14.6 Å². The van der Waals surface area contributed by atoms with Gasteiger partial charge in [-0.05, 0) is 26.2 Å². The van der Waals surface area contributed by atoms with Crippen LogP contribution in [0.25, 0.3) is 0 Å². The Morgan fingerprint density at radius 3 is 2.83 bits per heavy atom. The van der Waals surface area contributed by atoms with Crippen LogP contribution in [0, 0.1) is 0 Å². The van der Waals surface area contributed by atoms with Gasteiger partial charge in [0.05, 0.1) is 11.6 Å². The molecule has 1 amide bonds. The fourth-order valence-corrected chi connectivity index (χ4v) is 2.40. The summed E-state index contributed by atoms with van der Waals surface area (Å²) < 4.78 is 4.98. The molecule has 0 radical (unpaired) electrons. The number of ether oxygens (including phenoxy) is 1. The van der Waals surface area contributed by atoms with Crippen molar-refractivity contribution in [1.82, 2.24) is 10.2 Å². The predicted octanol–water partition coefficient (Wildman–Crippen LogP) is 0.127. The van der Waals surface area contributed by atoms with Crippen LogP contribution in [0.15, 0.2) is 0 Å². The van der Waals surface area contributed by atoms with E-state index in [0.29, 0.717) is 25.6 Å². The SMILES string of the molecule is COCCC(C)(O)CN1CCC(NC2CC2)C1=O. The van der Waals surface area contributed by atoms with Crippen molar-refractivity contribution in [3.63, 3.8) is 0 Å². The van der Waals surface area contributed by atoms with Crippen molar-refractivity contribution >= 4 is 5.91 Å². The first-order valence-corrected chi connectivity index (χ1v) is 6.78. The Labute approximate surface area is 108 Å². The molecule has 2 unspecified atom stereocenters. The highest BCUT2D eigenvalue weighted by Gasteiger charge is 2.37. The van der Waals surface area contributed by atoms with Crippen LogP contribution in [0.1, 0.15) is 32.6 Å². The number of carbonyl (C=O) groups excluding carboxylic acids is 1. The van der Waals surface area contributed by atoms with Gasteiger partial charge in [-0.3, -0.25) is 4.79 Å². The number of likely N-dealkylation sites (tertiary alicyclic amines) is 1. The maximum Gasteiger partial charge on any atom is 0.239 e. The van der Waals surface area contributed by atoms with Crippen LogP contribution in [0.4, 0.5) is 0 Å². The van der Waals surface area contributed by atoms with E-state index in [2.05, 4.69) is 5.32 Å². The quantitative estimate of drug-likeness (QED) is 0.679. The van der Waals surface area contributed by atoms with E-state index in [4.69, 9.17) is 4.74 Å². The number of aliphatic hydroxyl groups is 1. The van der Waals surface area contributed by atoms with Gasteiger partial charge >= 0.3 is 0 Å². The third-order valence-corrected chi connectivity index (χ3v) is 3.69. The van der Waals surface area contributed by atoms with Gasteiger partial charge < -0.3 is 20.1 Å². The molecule has 1 saturated carbocycles. The summed E-state index contributed by atoms with van der Waals surface area (Å²) in [6, 6.07) is 0.517. The summed E-state index contributed by atoms with van der Waals surface area (Å²) in [5, 5.41) is 13.6. The van der Waals surface area contributed by atoms with E-state index in [1.54, 1.807) is 18.9 Å². The molecule has 5 heteroatoms. The van der Waals surface area contributed by atoms with E-state index in [9.17, 15) is 9.90 Å². The molecule has 1 heterocycles. The third kappa shape index (κ3) is 3.67. The lowest BCUT2D eigenvalue weighted by Gasteiger charge is -2.29. The number of hydrogen-bond acceptors (Lipinski definition) is 4. The normalized spacial score (nSPS) is 27.6. The smallest absolute Gasteiger partial charge is 0.239 e. The summed E-state index contributed by atoms with van der Waals surface area (Å²) in [6.07, 6.45) is 3.79. The Kier molecular flexibility index (Phi) is 4.25. The van der Waals surface area contributed by atoms with Crippen LogP contribution in [-0.2, 0) is 9.53 Å². The number of hydrogen-bond donors (Lipinski definition) is 2. The van der Waals surface area contributed by atoms with Gasteiger partial charge in [-0.15, -0.1) is 0 Å². The van der Waals surface area contributed by atoms with Crippen LogP contribution >= 0.6 is 0 Å². The lowest BCUT2D eigenvalue weighted by molar-refractivity contribution is -0.132. The fraction of sp³-hybridized carbons (Fsp3) is 0.923. The average Bonchev–Trinajstić information content (AvgIpc) is 3.07. The molecule has 18 heavy (non-hydrogen) atoms. The molecule has 0 spiro atoms. The molecule has 2 atom stereocenters. The number of amides is 1. The zero-order chi connectivity index (χ0) is 13.2. The lowest BCUT2D eigenvalue weighted by atomic mass is 10.0. The van der Waals surface area contributed by atoms with Crippen molar-refractivity contribution in [2.24, 2.45) is 0 Å². The molecule has 1 aliphatic heterocycles. The highest BCUT2D eigenvalue weighted by Crippen LogP contribution is 2.23. The number of nitrogens with one attached hydrogen (secondary N) is 1. The minimum absolute atomic E-state index is 0.0317. The first kappa shape index (κ1) is 13.8. The minimum Gasteiger partial charge on any atom is -0.388 e. The first-order valence-electron chi connectivity index (χ1n) is 6.78. The van der Waals surface area contributed by atoms with E-state index in [1.807, 2.05) is 0 Å². The van der Waals surface area contributed by atoms with Crippen molar-refractivity contribution in [3.05, 3.63) is 0 Å². The van der Waals surface area contributed by atoms with Gasteiger partial charge in [-0.2, -0.15) is 0 Å². The molecular weight excluding hydrogens is 232 g/mol. The Morgan fingerprint density at radius 2 is 2.22 bits per heavy atom. The van der Waals surface area contributed by atoms with Crippen molar-refractivity contribution in [2.75, 3.05) is 26.8 Å². The second kappa shape index (κ2) is 5.55. The van der Waals surface area contributed by atoms with Crippen LogP contribution in [-0.4, -0.2) is 60.4 Å². The van der Waals surface area contributed by atoms with Crippen LogP contribution in [0.5, 0.6) is 0 Å². The second-order valence-electron chi connectivity index (χ2n) is 5.78. The standard InChI is InChI=1S/C13H24N2O3/c1-13(17,6-8-18-2)9-15-7-5-11(12(15)16)14-10-3-4-10/h10-11,14,17H,3-9H2,1-2H3. The van der Waals surface area contributed by atoms with Gasteiger partial charge in [0.1, 0.15) is 0 Å². The molecule has 5 nitrogen and oxygen atoms in total. The van der Waals surface area contributed by atoms with Crippen LogP contribution < -0.4 is 5.32 Å². The maximum absolute atomic E-state index is 12.1. The monoisotopic (exact) mass is 256 g/mol. The molecule has 0 aromatic rings. The zero-order valence-corrected chi connectivity index (χ0v) is 11.3. The van der Waals surface area contributed by atoms with Crippen LogP contribution in [0.2, 0.25) is 0 Å². The predicted molar refractivity (Wildman–Crippen MR) is 68.3 cm³/mol. The number of β-amino-alcohol motifs (C(OH)–C–C–N with tert-alkyl or cyclic N) is 1. The number of methoxy groups -OCH3 is 1. The molecule has 0 aromatic heterocycles. The summed E-state index contributed by atoms with van der Waals surface area (Å²) in [7, 11) is 1.62. The van der Waals surface area contributed by atoms with Crippen molar-refractivity contribution in [2.45, 2.75) is 50.3 Å². The molecule has 2 rings (SSSR count). The second-order valence-corrected chi connectivity index (χ2v) is 5.78. The van der Waals surface area contributed by atoms with Gasteiger partial charge in [-0.1, -0.05) is 0 Å². The molecule has 0 aromatic carbocycles. The Balaban J connectivity index is 1.80. The summed E-state index contributed by atoms with van der Waals surface area (Å²) in [6.45, 7) is 3.42. The molecule has 2 N–H and O–H groups in total. The molecule has 1 saturated heterocycles. The van der Waals surface area contributed by atoms with Gasteiger partial charge in [0.25, 0.3) is 0 Å². The molecule has 2 aliphatic rings. The summed E-state index contributed by atoms with van der Waals surface area (Å²) in [5.41, 5.74) is -0.861. The van der Waals surface area contributed by atoms with Gasteiger partial charge in [0.15, 0.2) is 0 Å². The summed E-state index contributed by atoms with van der Waals surface area (Å²) in [4.78, 5) is 13.9. The summed E-state index contributed by atoms with van der Waals surface area (Å²) >= 11 is 0. The number of nitrogens with zero attached hydrogens (tertiary/aromatic N) is 1. The summed E-state index contributed by atoms with van der Waals surface area (Å²) in [5.74, 6) is 0.139. The van der Waals surface area contributed by atoms with E-state index in [1.165, 1.54) is 12.8 Å². The maximum atomic E-state index is 12.1. The Hall–Kier alpha value is -0.650. The van der Waals surface area contributed by atoms with Crippen molar-refractivity contribution in [1.29, 1.82) is 0 Å². The Morgan fingerprint density at radius 1 is 1.50 bits per heavy atom. The average molecular weight is 256 g/mol. The van der Waals surface area contributed by atoms with E-state index in [-0.39, 0.29) is 11.9 Å². The lowest BCUT2D eigenvalue weighted by Crippen LogP contribution is -2.45. The molecule has 0 bridgehead atoms. The fourth-order valence-electron chi connectivity index (χ4n) is 2.40. The molecule has 104 valence electrons. The zero-order valence-electron chi connectivity index (χ0n) is 11.3. The topological polar surface area (TPSA) is 61.8 Å². The Bertz CT molecular complexity index is 303. The molecule has 2 fully saturated rings. The largest absolute Gasteiger partial charge is 0.388 e. The minimum atomic E-state index is -0.861. The number of carbonyl (C=O) groups is 1. The highest BCUT2D eigenvalue weighted by atomic mass is 16.5. The van der Waals surface area contributed by atoms with E-state index in [0.717, 1.165) is 13.0 Å². The van der Waals surface area contributed by atoms with Gasteiger partial charge in [0, 0.05) is 39.3 Å². The first-order chi connectivity index (χ1) is 8.52. The van der Waals surface area contributed by atoms with Crippen LogP contribution in [0.3, 0.4) is 0 Å².